The third-order valence-corrected chi connectivity index (χ3v) is 5.75. The number of allylic oxidation sites excluding steroid dienone is 11. The van der Waals surface area contributed by atoms with Crippen molar-refractivity contribution >= 4 is 0 Å². The zero-order chi connectivity index (χ0) is 22.9. The molecule has 0 spiro atoms. The van der Waals surface area contributed by atoms with Crippen LogP contribution in [-0.2, 0) is 0 Å². The molecular formula is C30H50. The smallest absolute Gasteiger partial charge is 0.0134 e. The van der Waals surface area contributed by atoms with Crippen molar-refractivity contribution in [2.45, 2.75) is 107 Å². The van der Waals surface area contributed by atoms with E-state index in [4.69, 9.17) is 0 Å². The molecule has 30 heavy (non-hydrogen) atoms. The first-order chi connectivity index (χ1) is 14.1. The van der Waals surface area contributed by atoms with Crippen molar-refractivity contribution in [1.29, 1.82) is 0 Å². The Hall–Kier alpha value is -1.56. The molecule has 0 fully saturated rings. The van der Waals surface area contributed by atoms with Gasteiger partial charge in [0, 0.05) is 0 Å². The second-order valence-corrected chi connectivity index (χ2v) is 9.65. The summed E-state index contributed by atoms with van der Waals surface area (Å²) in [5.74, 6) is 1.19. The van der Waals surface area contributed by atoms with E-state index in [9.17, 15) is 0 Å². The van der Waals surface area contributed by atoms with E-state index in [0.29, 0.717) is 11.8 Å². The first-order valence-electron chi connectivity index (χ1n) is 12.0. The van der Waals surface area contributed by atoms with Crippen LogP contribution in [0.5, 0.6) is 0 Å². The Morgan fingerprint density at radius 2 is 1.23 bits per heavy atom. The van der Waals surface area contributed by atoms with Gasteiger partial charge in [-0.25, -0.2) is 0 Å². The number of hydrogen-bond acceptors (Lipinski definition) is 0. The van der Waals surface area contributed by atoms with E-state index in [-0.39, 0.29) is 0 Å². The van der Waals surface area contributed by atoms with Gasteiger partial charge in [-0.2, -0.15) is 0 Å². The van der Waals surface area contributed by atoms with Crippen LogP contribution in [0.2, 0.25) is 0 Å². The Morgan fingerprint density at radius 1 is 0.700 bits per heavy atom. The Morgan fingerprint density at radius 3 is 1.80 bits per heavy atom. The maximum absolute atomic E-state index is 3.94. The molecule has 0 heteroatoms. The molecule has 0 aliphatic heterocycles. The van der Waals surface area contributed by atoms with Crippen LogP contribution in [0, 0.1) is 11.8 Å². The zero-order valence-corrected chi connectivity index (χ0v) is 21.5. The summed E-state index contributed by atoms with van der Waals surface area (Å²) in [6.07, 6.45) is 23.4. The van der Waals surface area contributed by atoms with Crippen LogP contribution in [0.4, 0.5) is 0 Å². The van der Waals surface area contributed by atoms with Crippen molar-refractivity contribution in [3.8, 4) is 0 Å². The SMILES string of the molecule is C=CC(C)CC=C(C/C=C(/C)CC/C=C(\C)CCC=C(C)C)C(C)CCC=C(C)C. The normalized spacial score (nSPS) is 14.9. The summed E-state index contributed by atoms with van der Waals surface area (Å²) in [6, 6.07) is 0. The Kier molecular flexibility index (Phi) is 16.3. The van der Waals surface area contributed by atoms with Gasteiger partial charge in [0.25, 0.3) is 0 Å². The van der Waals surface area contributed by atoms with Crippen molar-refractivity contribution < 1.29 is 0 Å². The van der Waals surface area contributed by atoms with Crippen LogP contribution in [-0.4, -0.2) is 0 Å². The third-order valence-electron chi connectivity index (χ3n) is 5.75. The van der Waals surface area contributed by atoms with E-state index >= 15 is 0 Å². The third kappa shape index (κ3) is 16.3. The molecule has 0 aliphatic carbocycles. The Labute approximate surface area is 189 Å². The lowest BCUT2D eigenvalue weighted by Gasteiger charge is -2.16. The van der Waals surface area contributed by atoms with E-state index < -0.39 is 0 Å². The number of hydrogen-bond donors (Lipinski definition) is 0. The second-order valence-electron chi connectivity index (χ2n) is 9.65. The van der Waals surface area contributed by atoms with E-state index in [2.05, 4.69) is 98.4 Å². The Bertz CT molecular complexity index is 625. The molecule has 0 aromatic carbocycles. The highest BCUT2D eigenvalue weighted by molar-refractivity contribution is 5.15. The van der Waals surface area contributed by atoms with Crippen LogP contribution in [0.25, 0.3) is 0 Å². The van der Waals surface area contributed by atoms with Gasteiger partial charge in [0.1, 0.15) is 0 Å². The summed E-state index contributed by atoms with van der Waals surface area (Å²) in [5.41, 5.74) is 7.48. The van der Waals surface area contributed by atoms with E-state index in [1.165, 1.54) is 54.4 Å². The first kappa shape index (κ1) is 28.4. The van der Waals surface area contributed by atoms with Gasteiger partial charge in [0.15, 0.2) is 0 Å². The molecule has 0 radical (unpaired) electrons. The summed E-state index contributed by atoms with van der Waals surface area (Å²) in [5, 5.41) is 0. The summed E-state index contributed by atoms with van der Waals surface area (Å²) in [4.78, 5) is 0. The van der Waals surface area contributed by atoms with Gasteiger partial charge in [0.05, 0.1) is 0 Å². The average Bonchev–Trinajstić information content (AvgIpc) is 2.66. The number of rotatable bonds is 15. The first-order valence-corrected chi connectivity index (χ1v) is 12.0. The lowest BCUT2D eigenvalue weighted by Crippen LogP contribution is -2.00. The lowest BCUT2D eigenvalue weighted by molar-refractivity contribution is 0.600. The molecule has 0 aromatic rings. The summed E-state index contributed by atoms with van der Waals surface area (Å²) < 4.78 is 0. The molecule has 0 heterocycles. The van der Waals surface area contributed by atoms with Gasteiger partial charge in [-0.15, -0.1) is 6.58 Å². The predicted molar refractivity (Wildman–Crippen MR) is 140 cm³/mol. The maximum Gasteiger partial charge on any atom is -0.0134 e. The van der Waals surface area contributed by atoms with Crippen LogP contribution in [0.1, 0.15) is 107 Å². The molecule has 170 valence electrons. The van der Waals surface area contributed by atoms with Crippen LogP contribution in [0.3, 0.4) is 0 Å². The molecule has 0 bridgehead atoms. The molecule has 0 saturated carbocycles. The molecule has 0 N–H and O–H groups in total. The fourth-order valence-corrected chi connectivity index (χ4v) is 3.36. The van der Waals surface area contributed by atoms with Gasteiger partial charge in [0.2, 0.25) is 0 Å². The molecule has 0 rings (SSSR count). The summed E-state index contributed by atoms with van der Waals surface area (Å²) >= 11 is 0. The minimum atomic E-state index is 0.550. The minimum absolute atomic E-state index is 0.550. The topological polar surface area (TPSA) is 0 Å². The maximum atomic E-state index is 3.94. The largest absolute Gasteiger partial charge is 0.103 e. The van der Waals surface area contributed by atoms with Gasteiger partial charge in [-0.1, -0.05) is 78.2 Å². The fraction of sp³-hybridized carbons (Fsp3) is 0.600. The van der Waals surface area contributed by atoms with Crippen molar-refractivity contribution in [2.75, 3.05) is 0 Å². The quantitative estimate of drug-likeness (QED) is 0.235. The Balaban J connectivity index is 4.79. The van der Waals surface area contributed by atoms with E-state index in [0.717, 1.165) is 19.3 Å². The molecule has 2 atom stereocenters. The molecular weight excluding hydrogens is 360 g/mol. The molecule has 0 amide bonds. The van der Waals surface area contributed by atoms with Crippen molar-refractivity contribution in [3.05, 3.63) is 70.9 Å². The average molecular weight is 411 g/mol. The van der Waals surface area contributed by atoms with E-state index in [1.807, 2.05) is 0 Å². The highest BCUT2D eigenvalue weighted by atomic mass is 14.1. The predicted octanol–water partition coefficient (Wildman–Crippen LogP) is 10.3. The lowest BCUT2D eigenvalue weighted by atomic mass is 9.90. The van der Waals surface area contributed by atoms with Gasteiger partial charge < -0.3 is 0 Å². The van der Waals surface area contributed by atoms with Gasteiger partial charge in [-0.05, 0) is 105 Å². The van der Waals surface area contributed by atoms with Crippen LogP contribution >= 0.6 is 0 Å². The highest BCUT2D eigenvalue weighted by Gasteiger charge is 2.08. The summed E-state index contributed by atoms with van der Waals surface area (Å²) in [7, 11) is 0. The molecule has 2 unspecified atom stereocenters. The molecule has 0 saturated heterocycles. The van der Waals surface area contributed by atoms with Crippen molar-refractivity contribution in [2.24, 2.45) is 11.8 Å². The second kappa shape index (κ2) is 17.2. The standard InChI is InChI=1S/C30H50/c1-10-26(6)20-22-30(29(9)19-12-15-25(4)5)23-21-28(8)18-13-17-27(7)16-11-14-24(2)3/h10,14-15,17,21-22,26,29H,1,11-13,16,18-20,23H2,2-9H3/b27-17+,28-21-,30-22?. The van der Waals surface area contributed by atoms with Gasteiger partial charge in [-0.3, -0.25) is 0 Å². The highest BCUT2D eigenvalue weighted by Crippen LogP contribution is 2.24. The minimum Gasteiger partial charge on any atom is -0.103 e. The van der Waals surface area contributed by atoms with Crippen LogP contribution < -0.4 is 0 Å². The molecule has 0 aliphatic rings. The summed E-state index contributed by atoms with van der Waals surface area (Å²) in [6.45, 7) is 21.9. The van der Waals surface area contributed by atoms with E-state index in [1.54, 1.807) is 5.57 Å². The van der Waals surface area contributed by atoms with Crippen molar-refractivity contribution in [1.82, 2.24) is 0 Å². The fourth-order valence-electron chi connectivity index (χ4n) is 3.36. The van der Waals surface area contributed by atoms with Gasteiger partial charge >= 0.3 is 0 Å². The molecule has 0 nitrogen and oxygen atoms in total. The zero-order valence-electron chi connectivity index (χ0n) is 21.5. The monoisotopic (exact) mass is 410 g/mol. The van der Waals surface area contributed by atoms with Crippen LogP contribution in [0.15, 0.2) is 70.9 Å². The molecule has 0 aromatic heterocycles. The van der Waals surface area contributed by atoms with Crippen molar-refractivity contribution in [3.63, 3.8) is 0 Å².